The number of nitrogens with one attached hydrogen (secondary N) is 1. The van der Waals surface area contributed by atoms with Crippen molar-refractivity contribution in [1.82, 2.24) is 9.62 Å². The minimum absolute atomic E-state index is 0.0376. The van der Waals surface area contributed by atoms with Gasteiger partial charge in [0.25, 0.3) is 0 Å². The number of nitrogens with zero attached hydrogens (tertiary/aromatic N) is 2. The normalized spacial score (nSPS) is 15.0. The molecular formula is C20H26ClN3O3S. The van der Waals surface area contributed by atoms with Gasteiger partial charge in [-0.25, -0.2) is 13.1 Å². The molecule has 0 bridgehead atoms. The SMILES string of the molecule is COc1ccc(Cl)cc1S(=O)(=O)NCC(c1ccc2c(c1)CCN2C)N(C)C. The summed E-state index contributed by atoms with van der Waals surface area (Å²) in [5, 5.41) is 0.341. The Morgan fingerprint density at radius 1 is 1.25 bits per heavy atom. The van der Waals surface area contributed by atoms with E-state index in [9.17, 15) is 8.42 Å². The summed E-state index contributed by atoms with van der Waals surface area (Å²) in [5.41, 5.74) is 3.62. The van der Waals surface area contributed by atoms with Gasteiger partial charge in [0.15, 0.2) is 0 Å². The Hall–Kier alpha value is -1.80. The molecule has 0 amide bonds. The van der Waals surface area contributed by atoms with Gasteiger partial charge in [-0.3, -0.25) is 0 Å². The molecule has 1 unspecified atom stereocenters. The molecule has 1 aliphatic rings. The molecule has 6 nitrogen and oxygen atoms in total. The van der Waals surface area contributed by atoms with Crippen LogP contribution in [0.5, 0.6) is 5.75 Å². The van der Waals surface area contributed by atoms with Crippen molar-refractivity contribution < 1.29 is 13.2 Å². The molecule has 0 spiro atoms. The predicted molar refractivity (Wildman–Crippen MR) is 113 cm³/mol. The number of methoxy groups -OCH3 is 1. The zero-order valence-corrected chi connectivity index (χ0v) is 18.1. The van der Waals surface area contributed by atoms with Crippen LogP contribution in [0.25, 0.3) is 0 Å². The first-order valence-corrected chi connectivity index (χ1v) is 10.9. The standard InChI is InChI=1S/C20H26ClN3O3S/c1-23(2)18(14-5-7-17-15(11-14)9-10-24(17)3)13-22-28(25,26)20-12-16(21)6-8-19(20)27-4/h5-8,11-12,18,22H,9-10,13H2,1-4H3. The minimum Gasteiger partial charge on any atom is -0.495 e. The molecule has 0 radical (unpaired) electrons. The average Bonchev–Trinajstić information content (AvgIpc) is 3.02. The number of likely N-dealkylation sites (N-methyl/N-ethyl adjacent to an activating group) is 2. The zero-order chi connectivity index (χ0) is 20.5. The lowest BCUT2D eigenvalue weighted by Crippen LogP contribution is -2.34. The quantitative estimate of drug-likeness (QED) is 0.741. The summed E-state index contributed by atoms with van der Waals surface area (Å²) in [6.45, 7) is 1.24. The number of hydrogen-bond acceptors (Lipinski definition) is 5. The van der Waals surface area contributed by atoms with Crippen LogP contribution in [-0.4, -0.2) is 54.7 Å². The molecule has 0 saturated carbocycles. The maximum atomic E-state index is 12.9. The van der Waals surface area contributed by atoms with E-state index in [0.29, 0.717) is 5.02 Å². The number of hydrogen-bond donors (Lipinski definition) is 1. The molecule has 0 fully saturated rings. The van der Waals surface area contributed by atoms with E-state index in [2.05, 4.69) is 34.9 Å². The topological polar surface area (TPSA) is 61.9 Å². The third-order valence-electron chi connectivity index (χ3n) is 5.12. The molecule has 28 heavy (non-hydrogen) atoms. The van der Waals surface area contributed by atoms with Gasteiger partial charge in [0.2, 0.25) is 10.0 Å². The zero-order valence-electron chi connectivity index (χ0n) is 16.6. The van der Waals surface area contributed by atoms with Gasteiger partial charge in [-0.2, -0.15) is 0 Å². The summed E-state index contributed by atoms with van der Waals surface area (Å²) in [7, 11) is 3.63. The van der Waals surface area contributed by atoms with E-state index in [1.165, 1.54) is 24.4 Å². The highest BCUT2D eigenvalue weighted by atomic mass is 35.5. The molecule has 0 aliphatic carbocycles. The predicted octanol–water partition coefficient (Wildman–Crippen LogP) is 2.92. The Morgan fingerprint density at radius 3 is 2.68 bits per heavy atom. The smallest absolute Gasteiger partial charge is 0.244 e. The van der Waals surface area contributed by atoms with Crippen LogP contribution in [0.3, 0.4) is 0 Å². The van der Waals surface area contributed by atoms with Gasteiger partial charge in [0, 0.05) is 36.9 Å². The van der Waals surface area contributed by atoms with Crippen molar-refractivity contribution in [3.8, 4) is 5.75 Å². The number of rotatable bonds is 7. The molecule has 2 aromatic carbocycles. The Morgan fingerprint density at radius 2 is 2.00 bits per heavy atom. The first-order chi connectivity index (χ1) is 13.2. The Bertz CT molecular complexity index is 963. The molecule has 2 aromatic rings. The fourth-order valence-electron chi connectivity index (χ4n) is 3.52. The highest BCUT2D eigenvalue weighted by Gasteiger charge is 2.24. The van der Waals surface area contributed by atoms with Gasteiger partial charge < -0.3 is 14.5 Å². The van der Waals surface area contributed by atoms with E-state index in [1.807, 2.05) is 19.0 Å². The van der Waals surface area contributed by atoms with E-state index in [0.717, 1.165) is 18.5 Å². The summed E-state index contributed by atoms with van der Waals surface area (Å²) in [4.78, 5) is 4.28. The Labute approximate surface area is 172 Å². The number of halogens is 1. The molecule has 3 rings (SSSR count). The van der Waals surface area contributed by atoms with Crippen LogP contribution in [0.1, 0.15) is 17.2 Å². The van der Waals surface area contributed by atoms with Crippen molar-refractivity contribution in [2.24, 2.45) is 0 Å². The first-order valence-electron chi connectivity index (χ1n) is 9.06. The summed E-state index contributed by atoms with van der Waals surface area (Å²) in [5.74, 6) is 0.263. The van der Waals surface area contributed by atoms with Crippen LogP contribution in [0.4, 0.5) is 5.69 Å². The van der Waals surface area contributed by atoms with Crippen LogP contribution in [-0.2, 0) is 16.4 Å². The number of benzene rings is 2. The number of sulfonamides is 1. The van der Waals surface area contributed by atoms with Crippen LogP contribution in [0, 0.1) is 0 Å². The summed E-state index contributed by atoms with van der Waals surface area (Å²) >= 11 is 5.99. The second-order valence-electron chi connectivity index (χ2n) is 7.19. The van der Waals surface area contributed by atoms with E-state index < -0.39 is 10.0 Å². The van der Waals surface area contributed by atoms with Crippen LogP contribution < -0.4 is 14.4 Å². The highest BCUT2D eigenvalue weighted by Crippen LogP contribution is 2.31. The molecule has 1 N–H and O–H groups in total. The lowest BCUT2D eigenvalue weighted by atomic mass is 10.0. The number of fused-ring (bicyclic) bond motifs is 1. The summed E-state index contributed by atoms with van der Waals surface area (Å²) < 4.78 is 33.7. The fourth-order valence-corrected chi connectivity index (χ4v) is 4.99. The minimum atomic E-state index is -3.78. The van der Waals surface area contributed by atoms with Crippen LogP contribution in [0.2, 0.25) is 5.02 Å². The fraction of sp³-hybridized carbons (Fsp3) is 0.400. The van der Waals surface area contributed by atoms with Crippen molar-refractivity contribution in [2.75, 3.05) is 46.2 Å². The number of ether oxygens (including phenoxy) is 1. The third kappa shape index (κ3) is 4.27. The van der Waals surface area contributed by atoms with Crippen molar-refractivity contribution in [1.29, 1.82) is 0 Å². The Balaban J connectivity index is 1.84. The monoisotopic (exact) mass is 423 g/mol. The van der Waals surface area contributed by atoms with Gasteiger partial charge in [0.1, 0.15) is 10.6 Å². The maximum absolute atomic E-state index is 12.9. The molecule has 152 valence electrons. The van der Waals surface area contributed by atoms with Gasteiger partial charge in [-0.05, 0) is 55.9 Å². The second kappa shape index (κ2) is 8.29. The maximum Gasteiger partial charge on any atom is 0.244 e. The lowest BCUT2D eigenvalue weighted by Gasteiger charge is -2.26. The Kier molecular flexibility index (Phi) is 6.19. The van der Waals surface area contributed by atoms with Crippen molar-refractivity contribution in [3.05, 3.63) is 52.5 Å². The van der Waals surface area contributed by atoms with Gasteiger partial charge >= 0.3 is 0 Å². The summed E-state index contributed by atoms with van der Waals surface area (Å²) in [6, 6.07) is 10.8. The molecule has 8 heteroatoms. The van der Waals surface area contributed by atoms with E-state index in [-0.39, 0.29) is 23.2 Å². The van der Waals surface area contributed by atoms with E-state index in [4.69, 9.17) is 16.3 Å². The molecule has 1 atom stereocenters. The van der Waals surface area contributed by atoms with Gasteiger partial charge in [-0.1, -0.05) is 23.7 Å². The van der Waals surface area contributed by atoms with Crippen molar-refractivity contribution in [2.45, 2.75) is 17.4 Å². The largest absolute Gasteiger partial charge is 0.495 e. The summed E-state index contributed by atoms with van der Waals surface area (Å²) in [6.07, 6.45) is 1.01. The van der Waals surface area contributed by atoms with Gasteiger partial charge in [0.05, 0.1) is 7.11 Å². The molecular weight excluding hydrogens is 398 g/mol. The molecule has 1 aliphatic heterocycles. The molecule has 0 saturated heterocycles. The second-order valence-corrected chi connectivity index (χ2v) is 9.36. The van der Waals surface area contributed by atoms with E-state index >= 15 is 0 Å². The van der Waals surface area contributed by atoms with Gasteiger partial charge in [-0.15, -0.1) is 0 Å². The third-order valence-corrected chi connectivity index (χ3v) is 6.80. The van der Waals surface area contributed by atoms with E-state index in [1.54, 1.807) is 12.1 Å². The van der Waals surface area contributed by atoms with Crippen molar-refractivity contribution >= 4 is 27.3 Å². The average molecular weight is 424 g/mol. The highest BCUT2D eigenvalue weighted by molar-refractivity contribution is 7.89. The van der Waals surface area contributed by atoms with Crippen LogP contribution in [0.15, 0.2) is 41.3 Å². The lowest BCUT2D eigenvalue weighted by molar-refractivity contribution is 0.299. The molecule has 1 heterocycles. The van der Waals surface area contributed by atoms with Crippen molar-refractivity contribution in [3.63, 3.8) is 0 Å². The number of anilines is 1. The molecule has 0 aromatic heterocycles. The first kappa shape index (κ1) is 20.9. The van der Waals surface area contributed by atoms with Crippen LogP contribution >= 0.6 is 11.6 Å².